The van der Waals surface area contributed by atoms with E-state index in [4.69, 9.17) is 5.11 Å². The summed E-state index contributed by atoms with van der Waals surface area (Å²) in [4.78, 5) is 4.38. The number of hydrogen-bond donors (Lipinski definition) is 1. The van der Waals surface area contributed by atoms with Gasteiger partial charge in [-0.3, -0.25) is 9.80 Å². The fraction of sp³-hybridized carbons (Fsp3) is 0.636. The Labute approximate surface area is 86.3 Å². The molecule has 0 aromatic carbocycles. The Kier molecular flexibility index (Phi) is 3.48. The first-order chi connectivity index (χ1) is 6.53. The Morgan fingerprint density at radius 1 is 1.29 bits per heavy atom. The van der Waals surface area contributed by atoms with Crippen molar-refractivity contribution in [3.63, 3.8) is 0 Å². The van der Waals surface area contributed by atoms with E-state index in [-0.39, 0.29) is 12.3 Å². The molecule has 1 aliphatic rings. The van der Waals surface area contributed by atoms with E-state index in [2.05, 4.69) is 50.1 Å². The average Bonchev–Trinajstić information content (AvgIpc) is 2.17. The molecule has 1 rings (SSSR count). The summed E-state index contributed by atoms with van der Waals surface area (Å²) >= 11 is 0. The molecule has 14 heavy (non-hydrogen) atoms. The predicted octanol–water partition coefficient (Wildman–Crippen LogP) is 0.684. The molecule has 80 valence electrons. The molecule has 0 fully saturated rings. The molecule has 3 heteroatoms. The van der Waals surface area contributed by atoms with Crippen molar-refractivity contribution in [3.05, 3.63) is 23.8 Å². The van der Waals surface area contributed by atoms with Crippen LogP contribution in [0.3, 0.4) is 0 Å². The topological polar surface area (TPSA) is 26.7 Å². The van der Waals surface area contributed by atoms with Gasteiger partial charge in [-0.25, -0.2) is 0 Å². The fourth-order valence-corrected chi connectivity index (χ4v) is 1.84. The van der Waals surface area contributed by atoms with Crippen LogP contribution in [0.4, 0.5) is 0 Å². The van der Waals surface area contributed by atoms with Crippen molar-refractivity contribution >= 4 is 0 Å². The summed E-state index contributed by atoms with van der Waals surface area (Å²) in [7, 11) is 8.29. The summed E-state index contributed by atoms with van der Waals surface area (Å²) in [6, 6.07) is 0. The monoisotopic (exact) mass is 196 g/mol. The standard InChI is InChI=1S/C11H20N2O/c1-12(2)11(13(3)4)7-5-10(9-14)6-8-11/h5-7,14H,8-9H2,1-4H3. The van der Waals surface area contributed by atoms with Crippen LogP contribution in [0.15, 0.2) is 23.8 Å². The van der Waals surface area contributed by atoms with Gasteiger partial charge in [-0.15, -0.1) is 0 Å². The van der Waals surface area contributed by atoms with Gasteiger partial charge in [-0.05, 0) is 39.8 Å². The van der Waals surface area contributed by atoms with Crippen molar-refractivity contribution in [2.24, 2.45) is 0 Å². The SMILES string of the molecule is CN(C)C1(N(C)C)C=CC(CO)=CC1. The second-order valence-corrected chi connectivity index (χ2v) is 4.14. The van der Waals surface area contributed by atoms with Gasteiger partial charge >= 0.3 is 0 Å². The van der Waals surface area contributed by atoms with Gasteiger partial charge in [0.25, 0.3) is 0 Å². The molecule has 0 radical (unpaired) electrons. The van der Waals surface area contributed by atoms with E-state index >= 15 is 0 Å². The molecule has 0 unspecified atom stereocenters. The minimum Gasteiger partial charge on any atom is -0.392 e. The van der Waals surface area contributed by atoms with Gasteiger partial charge in [0.1, 0.15) is 0 Å². The van der Waals surface area contributed by atoms with Gasteiger partial charge in [0.05, 0.1) is 12.3 Å². The minimum absolute atomic E-state index is 0.0430. The van der Waals surface area contributed by atoms with Crippen LogP contribution >= 0.6 is 0 Å². The summed E-state index contributed by atoms with van der Waals surface area (Å²) in [5, 5.41) is 8.99. The smallest absolute Gasteiger partial charge is 0.0958 e. The van der Waals surface area contributed by atoms with Crippen molar-refractivity contribution in [1.29, 1.82) is 0 Å². The quantitative estimate of drug-likeness (QED) is 0.673. The van der Waals surface area contributed by atoms with E-state index in [9.17, 15) is 0 Å². The summed E-state index contributed by atoms with van der Waals surface area (Å²) in [5.41, 5.74) is 0.961. The third-order valence-electron chi connectivity index (χ3n) is 2.96. The van der Waals surface area contributed by atoms with E-state index < -0.39 is 0 Å². The van der Waals surface area contributed by atoms with Crippen molar-refractivity contribution in [1.82, 2.24) is 9.80 Å². The summed E-state index contributed by atoms with van der Waals surface area (Å²) < 4.78 is 0. The first kappa shape index (κ1) is 11.4. The third kappa shape index (κ3) is 1.90. The number of hydrogen-bond acceptors (Lipinski definition) is 3. The summed E-state index contributed by atoms with van der Waals surface area (Å²) in [6.45, 7) is 0.132. The highest BCUT2D eigenvalue weighted by atomic mass is 16.3. The van der Waals surface area contributed by atoms with Crippen LogP contribution in [0.2, 0.25) is 0 Å². The Morgan fingerprint density at radius 2 is 1.86 bits per heavy atom. The fourth-order valence-electron chi connectivity index (χ4n) is 1.84. The van der Waals surface area contributed by atoms with Crippen LogP contribution in [0, 0.1) is 0 Å². The number of aliphatic hydroxyl groups excluding tert-OH is 1. The van der Waals surface area contributed by atoms with Crippen LogP contribution < -0.4 is 0 Å². The van der Waals surface area contributed by atoms with Crippen LogP contribution in [-0.2, 0) is 0 Å². The largest absolute Gasteiger partial charge is 0.392 e. The second kappa shape index (κ2) is 4.26. The molecule has 0 saturated carbocycles. The van der Waals surface area contributed by atoms with E-state index in [0.29, 0.717) is 0 Å². The maximum atomic E-state index is 8.99. The highest BCUT2D eigenvalue weighted by molar-refractivity contribution is 5.29. The molecule has 1 aliphatic carbocycles. The molecule has 0 bridgehead atoms. The number of rotatable bonds is 3. The molecule has 3 nitrogen and oxygen atoms in total. The number of nitrogens with zero attached hydrogens (tertiary/aromatic N) is 2. The van der Waals surface area contributed by atoms with E-state index in [1.807, 2.05) is 6.08 Å². The van der Waals surface area contributed by atoms with Gasteiger partial charge in [0.15, 0.2) is 0 Å². The van der Waals surface area contributed by atoms with Gasteiger partial charge < -0.3 is 5.11 Å². The lowest BCUT2D eigenvalue weighted by molar-refractivity contribution is 0.0514. The molecule has 0 atom stereocenters. The minimum atomic E-state index is -0.0430. The molecule has 0 aromatic rings. The van der Waals surface area contributed by atoms with Crippen molar-refractivity contribution < 1.29 is 5.11 Å². The number of likely N-dealkylation sites (N-methyl/N-ethyl adjacent to an activating group) is 2. The van der Waals surface area contributed by atoms with E-state index in [0.717, 1.165) is 12.0 Å². The lowest BCUT2D eigenvalue weighted by Crippen LogP contribution is -2.54. The van der Waals surface area contributed by atoms with Crippen LogP contribution in [0.25, 0.3) is 0 Å². The number of aliphatic hydroxyl groups is 1. The molecular formula is C11H20N2O. The van der Waals surface area contributed by atoms with E-state index in [1.165, 1.54) is 0 Å². The normalized spacial score (nSPS) is 20.4. The maximum absolute atomic E-state index is 8.99. The Balaban J connectivity index is 2.87. The maximum Gasteiger partial charge on any atom is 0.0958 e. The van der Waals surface area contributed by atoms with E-state index in [1.54, 1.807) is 0 Å². The third-order valence-corrected chi connectivity index (χ3v) is 2.96. The van der Waals surface area contributed by atoms with Crippen molar-refractivity contribution in [3.8, 4) is 0 Å². The molecule has 0 amide bonds. The summed E-state index contributed by atoms with van der Waals surface area (Å²) in [5.74, 6) is 0. The predicted molar refractivity (Wildman–Crippen MR) is 59.0 cm³/mol. The molecule has 0 heterocycles. The molecule has 0 aliphatic heterocycles. The van der Waals surface area contributed by atoms with Gasteiger partial charge in [0, 0.05) is 6.42 Å². The molecular weight excluding hydrogens is 176 g/mol. The first-order valence-electron chi connectivity index (χ1n) is 4.87. The summed E-state index contributed by atoms with van der Waals surface area (Å²) in [6.07, 6.45) is 7.17. The van der Waals surface area contributed by atoms with Crippen LogP contribution in [0.1, 0.15) is 6.42 Å². The average molecular weight is 196 g/mol. The van der Waals surface area contributed by atoms with Gasteiger partial charge in [0.2, 0.25) is 0 Å². The molecule has 0 saturated heterocycles. The van der Waals surface area contributed by atoms with Crippen LogP contribution in [0.5, 0.6) is 0 Å². The first-order valence-corrected chi connectivity index (χ1v) is 4.87. The lowest BCUT2D eigenvalue weighted by atomic mass is 9.95. The second-order valence-electron chi connectivity index (χ2n) is 4.14. The van der Waals surface area contributed by atoms with Crippen LogP contribution in [-0.4, -0.2) is 55.4 Å². The zero-order valence-corrected chi connectivity index (χ0v) is 9.49. The zero-order valence-electron chi connectivity index (χ0n) is 9.49. The Hall–Kier alpha value is -0.640. The highest BCUT2D eigenvalue weighted by Gasteiger charge is 2.32. The van der Waals surface area contributed by atoms with Crippen molar-refractivity contribution in [2.45, 2.75) is 12.1 Å². The molecule has 0 spiro atoms. The van der Waals surface area contributed by atoms with Gasteiger partial charge in [-0.2, -0.15) is 0 Å². The molecule has 1 N–H and O–H groups in total. The Bertz CT molecular complexity index is 246. The molecule has 0 aromatic heterocycles. The Morgan fingerprint density at radius 3 is 2.14 bits per heavy atom. The van der Waals surface area contributed by atoms with Crippen molar-refractivity contribution in [2.75, 3.05) is 34.8 Å². The van der Waals surface area contributed by atoms with Gasteiger partial charge in [-0.1, -0.05) is 12.2 Å². The highest BCUT2D eigenvalue weighted by Crippen LogP contribution is 2.27. The lowest BCUT2D eigenvalue weighted by Gasteiger charge is -2.44. The zero-order chi connectivity index (χ0) is 10.8.